The molecule has 0 atom stereocenters. The van der Waals surface area contributed by atoms with Crippen LogP contribution in [0.2, 0.25) is 0 Å². The summed E-state index contributed by atoms with van der Waals surface area (Å²) in [5, 5.41) is 0. The molecule has 0 saturated heterocycles. The maximum Gasteiger partial charge on any atom is 2.00 e. The zero-order valence-electron chi connectivity index (χ0n) is 70.4. The molecule has 0 spiro atoms. The molecule has 104 heavy (non-hydrogen) atoms. The van der Waals surface area contributed by atoms with Crippen LogP contribution in [0.4, 0.5) is 0 Å². The number of hydrogen-bond donors (Lipinski definition) is 0. The van der Waals surface area contributed by atoms with E-state index in [9.17, 15) is 5.53 Å². The molecule has 2 nitrogen and oxygen atoms in total. The van der Waals surface area contributed by atoms with Gasteiger partial charge in [0.25, 0.3) is 0 Å². The van der Waals surface area contributed by atoms with Gasteiger partial charge in [-0.2, -0.15) is 0 Å². The van der Waals surface area contributed by atoms with Gasteiger partial charge in [0.05, 0.1) is 5.57 Å². The number of allylic oxidation sites excluding steroid dienone is 2. The molecule has 0 saturated carbocycles. The Kier molecular flexibility index (Phi) is 87.2. The van der Waals surface area contributed by atoms with Crippen molar-refractivity contribution >= 4 is 11.4 Å². The van der Waals surface area contributed by atoms with Crippen molar-refractivity contribution in [3.63, 3.8) is 0 Å². The van der Waals surface area contributed by atoms with Crippen LogP contribution in [0, 0.1) is 36.5 Å². The molecule has 0 aliphatic rings. The van der Waals surface area contributed by atoms with Crippen LogP contribution >= 0.6 is 0 Å². The van der Waals surface area contributed by atoms with E-state index in [0.717, 1.165) is 89.0 Å². The fourth-order valence-electron chi connectivity index (χ4n) is 14.8. The van der Waals surface area contributed by atoms with E-state index in [4.69, 9.17) is 12.8 Å². The Morgan fingerprint density at radius 1 is 0.298 bits per heavy atom. The molecule has 0 N–H and O–H groups in total. The molecule has 0 aromatic heterocycles. The minimum atomic E-state index is 0. The summed E-state index contributed by atoms with van der Waals surface area (Å²) in [6.07, 6.45) is 112. The summed E-state index contributed by atoms with van der Waals surface area (Å²) in [6.45, 7) is 13.6. The van der Waals surface area contributed by atoms with Crippen LogP contribution in [0.1, 0.15) is 520 Å². The van der Waals surface area contributed by atoms with Crippen molar-refractivity contribution in [3.05, 3.63) is 100 Å². The van der Waals surface area contributed by atoms with E-state index in [2.05, 4.69) is 124 Å². The molecule has 3 heteroatoms. The minimum Gasteiger partial charge on any atom is -0.694 e. The molecule has 0 fully saturated rings. The predicted molar refractivity (Wildman–Crippen MR) is 462 cm³/mol. The Labute approximate surface area is 662 Å². The van der Waals surface area contributed by atoms with E-state index in [1.165, 1.54) is 419 Å². The predicted octanol–water partition coefficient (Wildman–Crippen LogP) is 34.4. The van der Waals surface area contributed by atoms with Crippen LogP contribution in [0.15, 0.2) is 59.7 Å². The first-order valence-corrected chi connectivity index (χ1v) is 46.1. The van der Waals surface area contributed by atoms with Gasteiger partial charge in [-0.25, -0.2) is 0 Å². The Morgan fingerprint density at radius 3 is 0.904 bits per heavy atom. The van der Waals surface area contributed by atoms with Crippen LogP contribution in [-0.2, 0) is 29.3 Å². The molecule has 0 radical (unpaired) electrons. The topological polar surface area (TPSA) is 36.4 Å². The van der Waals surface area contributed by atoms with E-state index in [-0.39, 0.29) is 16.5 Å². The van der Waals surface area contributed by atoms with Gasteiger partial charge in [-0.3, -0.25) is 0 Å². The van der Waals surface area contributed by atoms with Gasteiger partial charge in [-0.1, -0.05) is 462 Å². The summed E-state index contributed by atoms with van der Waals surface area (Å²) >= 11 is 0. The molecule has 0 aliphatic carbocycles. The first-order valence-electron chi connectivity index (χ1n) is 46.1. The second kappa shape index (κ2) is 88.4. The third-order valence-corrected chi connectivity index (χ3v) is 21.6. The first-order chi connectivity index (χ1) is 51.0. The molecular formula is C101H172N2Ni. The molecule has 2 aromatic carbocycles. The minimum absolute atomic E-state index is 0. The number of unbranched alkanes of at least 4 members (excludes halogenated alkanes) is 62. The molecule has 596 valence electrons. The average molecular weight is 1470 g/mol. The maximum absolute atomic E-state index is 9.76. The number of rotatable bonds is 73. The Morgan fingerprint density at radius 2 is 0.577 bits per heavy atom. The zero-order valence-corrected chi connectivity index (χ0v) is 71.4. The first kappa shape index (κ1) is 103. The SMILES string of the molecule is CCCCCCCC#CCCCc1ccccc1C(=C(CCCCCC)C(=C=[N+]=[N-])CCCCC)c1ccc(CCCC)cc1.[C-]#CCCCCCCCCCCCCCCCCCCCCCCCCCCC.[C-]#CCCCCCCCCCCCCCCCCCCCCCCCCCCC.[Ni+2]. The van der Waals surface area contributed by atoms with Crippen LogP contribution in [-0.4, -0.2) is 10.7 Å². The fourth-order valence-corrected chi connectivity index (χ4v) is 14.8. The van der Waals surface area contributed by atoms with Crippen LogP contribution in [0.25, 0.3) is 11.1 Å². The quantitative estimate of drug-likeness (QED) is 0.00925. The molecule has 0 bridgehead atoms. The van der Waals surface area contributed by atoms with Gasteiger partial charge >= 0.3 is 22.4 Å². The second-order valence-corrected chi connectivity index (χ2v) is 31.5. The van der Waals surface area contributed by atoms with Crippen LogP contribution in [0.5, 0.6) is 0 Å². The van der Waals surface area contributed by atoms with E-state index >= 15 is 0 Å². The van der Waals surface area contributed by atoms with Gasteiger partial charge in [0.15, 0.2) is 0 Å². The Hall–Kier alpha value is -3.49. The number of hydrogen-bond acceptors (Lipinski definition) is 0. The summed E-state index contributed by atoms with van der Waals surface area (Å²) in [5.41, 5.74) is 18.8. The number of aryl methyl sites for hydroxylation is 2. The fraction of sp³-hybridized carbons (Fsp3) is 0.782. The van der Waals surface area contributed by atoms with Gasteiger partial charge in [-0.05, 0) is 117 Å². The van der Waals surface area contributed by atoms with E-state index in [1.807, 2.05) is 0 Å². The summed E-state index contributed by atoms with van der Waals surface area (Å²) in [7, 11) is 0. The molecule has 0 heterocycles. The van der Waals surface area contributed by atoms with Crippen LogP contribution < -0.4 is 0 Å². The third-order valence-electron chi connectivity index (χ3n) is 21.6. The van der Waals surface area contributed by atoms with Crippen molar-refractivity contribution in [1.82, 2.24) is 0 Å². The standard InChI is InChI=1S/C43H62N2.2C29H55.Ni/c1-5-9-13-15-16-17-18-19-20-22-27-38-28-24-25-31-41(38)43(39-34-32-37(33-35-39)26-12-8-4)42(30-23-14-10-6-2)40(36-45-44)29-21-11-7-3;2*1-3-5-7-9-11-13-15-17-19-21-23-25-27-29-28-26-24-22-20-18-16-14-12-10-8-6-4-2;/h24-25,28,31-35H,5-17,20-23,26-27,29-30H2,1-4H3;2*3,5-29H2,1H3;/q;2*-1;+2. The molecule has 0 aliphatic heterocycles. The van der Waals surface area contributed by atoms with Crippen molar-refractivity contribution in [2.45, 2.75) is 510 Å². The second-order valence-electron chi connectivity index (χ2n) is 31.5. The summed E-state index contributed by atoms with van der Waals surface area (Å²) in [6, 6.07) is 18.3. The van der Waals surface area contributed by atoms with E-state index in [0.29, 0.717) is 0 Å². The van der Waals surface area contributed by atoms with E-state index in [1.54, 1.807) is 0 Å². The van der Waals surface area contributed by atoms with Crippen molar-refractivity contribution in [2.75, 3.05) is 0 Å². The summed E-state index contributed by atoms with van der Waals surface area (Å²) < 4.78 is 0. The number of benzene rings is 2. The van der Waals surface area contributed by atoms with Gasteiger partial charge in [0, 0.05) is 12.8 Å². The van der Waals surface area contributed by atoms with Gasteiger partial charge in [0.2, 0.25) is 0 Å². The zero-order chi connectivity index (χ0) is 74.6. The average Bonchev–Trinajstić information content (AvgIpc) is 0.794. The third kappa shape index (κ3) is 70.2. The maximum atomic E-state index is 9.76. The summed E-state index contributed by atoms with van der Waals surface area (Å²) in [5.74, 6) is 14.9. The molecule has 2 rings (SSSR count). The van der Waals surface area contributed by atoms with Gasteiger partial charge < -0.3 is 30.2 Å². The Bertz CT molecular complexity index is 2270. The van der Waals surface area contributed by atoms with Crippen molar-refractivity contribution < 1.29 is 21.3 Å². The van der Waals surface area contributed by atoms with Crippen molar-refractivity contribution in [3.8, 4) is 23.7 Å². The van der Waals surface area contributed by atoms with Crippen LogP contribution in [0.3, 0.4) is 0 Å². The number of nitrogens with zero attached hydrogens (tertiary/aromatic N) is 2. The largest absolute Gasteiger partial charge is 2.00 e. The summed E-state index contributed by atoms with van der Waals surface area (Å²) in [4.78, 5) is 3.49. The van der Waals surface area contributed by atoms with E-state index < -0.39 is 0 Å². The van der Waals surface area contributed by atoms with Crippen molar-refractivity contribution in [2.24, 2.45) is 0 Å². The van der Waals surface area contributed by atoms with Crippen molar-refractivity contribution in [1.29, 1.82) is 0 Å². The Balaban J connectivity index is 0. The molecule has 0 unspecified atom stereocenters. The van der Waals surface area contributed by atoms with Gasteiger partial charge in [-0.15, -0.1) is 16.6 Å². The molecular weight excluding hydrogens is 1300 g/mol. The molecule has 2 aromatic rings. The molecule has 0 amide bonds. The monoisotopic (exact) mass is 1470 g/mol. The normalized spacial score (nSPS) is 11.0. The van der Waals surface area contributed by atoms with Gasteiger partial charge in [0.1, 0.15) is 0 Å². The smallest absolute Gasteiger partial charge is 0.694 e.